The number of fused-ring (bicyclic) bond motifs is 4. The summed E-state index contributed by atoms with van der Waals surface area (Å²) in [6.45, 7) is 3.90. The Balaban J connectivity index is 0.00000283. The van der Waals surface area contributed by atoms with Gasteiger partial charge in [-0.1, -0.05) is 48.5 Å². The Bertz CT molecular complexity index is 2480. The third kappa shape index (κ3) is 8.00. The maximum absolute atomic E-state index is 13.9. The summed E-state index contributed by atoms with van der Waals surface area (Å²) in [5, 5.41) is 24.9. The number of pyridine rings is 1. The monoisotopic (exact) mass is 798 g/mol. The number of carbonyl (C=O) groups excluding carboxylic acids is 1. The first-order valence-electron chi connectivity index (χ1n) is 19.2. The van der Waals surface area contributed by atoms with E-state index >= 15 is 0 Å². The summed E-state index contributed by atoms with van der Waals surface area (Å²) in [5.41, 5.74) is 3.32. The minimum Gasteiger partial charge on any atom is -0.506 e. The standard InChI is InChI=1S/C44H46N4O8.2FH/c1-44(32-8-3-5-10-37(32)55-38-11-6-4-9-33(38)44)42(52)54-29-15-13-28(14-16-29)47(2)22-7-23-48-34-19-12-27(24-39(34)56-43(48)53)25-45-26-36(50)30-17-20-35(49)41-31(30)18-21-40(51)46-41;;/h3-6,8-12,17-21,24,28-29,36,45,49-50H,7,13-16,22-23,25-26H2,1-2H3,(H,46,51);2*1H/t28?,29?,36-;;/m0../s1. The maximum atomic E-state index is 13.9. The molecule has 3 heterocycles. The second-order valence-electron chi connectivity index (χ2n) is 15.1. The summed E-state index contributed by atoms with van der Waals surface area (Å²) in [6.07, 6.45) is 3.12. The van der Waals surface area contributed by atoms with Crippen molar-refractivity contribution >= 4 is 28.0 Å². The summed E-state index contributed by atoms with van der Waals surface area (Å²) in [5.74, 6) is 0.643. The number of aliphatic hydroxyl groups is 1. The van der Waals surface area contributed by atoms with Crippen molar-refractivity contribution in [1.29, 1.82) is 0 Å². The van der Waals surface area contributed by atoms with Gasteiger partial charge in [0.15, 0.2) is 5.58 Å². The number of oxazole rings is 1. The van der Waals surface area contributed by atoms with Crippen LogP contribution in [0.2, 0.25) is 0 Å². The number of H-pyrrole nitrogens is 1. The molecule has 8 rings (SSSR count). The number of benzene rings is 4. The average Bonchev–Trinajstić information content (AvgIpc) is 3.52. The molecule has 2 aliphatic rings. The van der Waals surface area contributed by atoms with Gasteiger partial charge in [0.1, 0.15) is 28.8 Å². The minimum atomic E-state index is -0.965. The molecule has 0 amide bonds. The SMILES string of the molecule is CN(CCCn1c(=O)oc2cc(CNC[C@H](O)c3ccc(O)c4[nH]c(=O)ccc34)ccc21)C1CCC(OC(=O)C2(C)c3ccccc3Oc3ccccc32)CC1.F.F. The molecule has 1 saturated carbocycles. The van der Waals surface area contributed by atoms with Crippen LogP contribution in [0.4, 0.5) is 9.41 Å². The number of phenols is 1. The number of nitrogens with zero attached hydrogens (tertiary/aromatic N) is 2. The Morgan fingerprint density at radius 1 is 0.966 bits per heavy atom. The van der Waals surface area contributed by atoms with Gasteiger partial charge >= 0.3 is 11.7 Å². The highest BCUT2D eigenvalue weighted by Gasteiger charge is 2.46. The third-order valence-electron chi connectivity index (χ3n) is 11.6. The van der Waals surface area contributed by atoms with Crippen molar-refractivity contribution in [1.82, 2.24) is 19.8 Å². The molecule has 0 bridgehead atoms. The van der Waals surface area contributed by atoms with Crippen LogP contribution in [0.1, 0.15) is 67.4 Å². The highest BCUT2D eigenvalue weighted by Crippen LogP contribution is 2.49. The molecule has 1 fully saturated rings. The number of halogens is 2. The number of ether oxygens (including phenoxy) is 2. The summed E-state index contributed by atoms with van der Waals surface area (Å²) in [6, 6.07) is 27.4. The van der Waals surface area contributed by atoms with Crippen LogP contribution in [0.15, 0.2) is 105 Å². The van der Waals surface area contributed by atoms with Gasteiger partial charge in [-0.05, 0) is 100 Å². The van der Waals surface area contributed by atoms with Gasteiger partial charge < -0.3 is 39.3 Å². The van der Waals surface area contributed by atoms with Crippen molar-refractivity contribution in [2.45, 2.75) is 75.8 Å². The van der Waals surface area contributed by atoms with Crippen molar-refractivity contribution in [3.63, 3.8) is 0 Å². The number of nitrogens with one attached hydrogen (secondary N) is 2. The van der Waals surface area contributed by atoms with E-state index in [9.17, 15) is 24.6 Å². The Hall–Kier alpha value is -5.83. The lowest BCUT2D eigenvalue weighted by Gasteiger charge is -2.38. The van der Waals surface area contributed by atoms with Crippen molar-refractivity contribution in [3.05, 3.63) is 134 Å². The quantitative estimate of drug-likeness (QED) is 0.100. The highest BCUT2D eigenvalue weighted by molar-refractivity contribution is 5.90. The largest absolute Gasteiger partial charge is 0.506 e. The van der Waals surface area contributed by atoms with Crippen LogP contribution in [-0.4, -0.2) is 62.9 Å². The number of carbonyl (C=O) groups is 1. The molecule has 0 saturated heterocycles. The molecule has 2 aromatic heterocycles. The summed E-state index contributed by atoms with van der Waals surface area (Å²) >= 11 is 0. The van der Waals surface area contributed by atoms with E-state index in [4.69, 9.17) is 13.9 Å². The van der Waals surface area contributed by atoms with Gasteiger partial charge in [-0.3, -0.25) is 23.6 Å². The Morgan fingerprint density at radius 2 is 1.66 bits per heavy atom. The number of aryl methyl sites for hydroxylation is 1. The number of aliphatic hydroxyl groups excluding tert-OH is 1. The van der Waals surface area contributed by atoms with E-state index in [-0.39, 0.29) is 44.9 Å². The lowest BCUT2D eigenvalue weighted by Crippen LogP contribution is -2.42. The molecular formula is C44H48F2N4O8. The zero-order valence-corrected chi connectivity index (χ0v) is 32.3. The molecule has 58 heavy (non-hydrogen) atoms. The van der Waals surface area contributed by atoms with E-state index in [1.165, 1.54) is 12.1 Å². The number of esters is 1. The van der Waals surface area contributed by atoms with Crippen molar-refractivity contribution in [2.75, 3.05) is 20.1 Å². The van der Waals surface area contributed by atoms with E-state index in [1.54, 1.807) is 16.7 Å². The summed E-state index contributed by atoms with van der Waals surface area (Å²) < 4.78 is 19.7. The minimum absolute atomic E-state index is 0. The zero-order valence-electron chi connectivity index (χ0n) is 32.3. The molecule has 0 spiro atoms. The van der Waals surface area contributed by atoms with Crippen LogP contribution in [0.5, 0.6) is 17.2 Å². The number of phenolic OH excluding ortho intramolecular Hbond substituents is 1. The smallest absolute Gasteiger partial charge is 0.419 e. The van der Waals surface area contributed by atoms with E-state index in [1.807, 2.05) is 73.7 Å². The third-order valence-corrected chi connectivity index (χ3v) is 11.6. The molecular weight excluding hydrogens is 750 g/mol. The van der Waals surface area contributed by atoms with Crippen LogP contribution in [-0.2, 0) is 28.0 Å². The second kappa shape index (κ2) is 17.3. The Kier molecular flexibility index (Phi) is 12.5. The van der Waals surface area contributed by atoms with Gasteiger partial charge in [0.05, 0.1) is 17.1 Å². The molecule has 1 atom stereocenters. The first-order valence-corrected chi connectivity index (χ1v) is 19.2. The molecule has 1 aliphatic heterocycles. The number of aromatic hydroxyl groups is 1. The first kappa shape index (κ1) is 41.8. The molecule has 14 heteroatoms. The van der Waals surface area contributed by atoms with E-state index in [0.29, 0.717) is 47.2 Å². The van der Waals surface area contributed by atoms with Gasteiger partial charge in [-0.2, -0.15) is 0 Å². The van der Waals surface area contributed by atoms with Gasteiger partial charge in [0.2, 0.25) is 5.56 Å². The molecule has 4 aromatic carbocycles. The van der Waals surface area contributed by atoms with Crippen LogP contribution in [0.3, 0.4) is 0 Å². The number of aromatic amines is 1. The fourth-order valence-corrected chi connectivity index (χ4v) is 8.40. The van der Waals surface area contributed by atoms with E-state index < -0.39 is 17.3 Å². The average molecular weight is 799 g/mol. The Morgan fingerprint density at radius 3 is 2.36 bits per heavy atom. The topological polar surface area (TPSA) is 159 Å². The first-order chi connectivity index (χ1) is 27.1. The number of rotatable bonds is 12. The number of aromatic nitrogens is 2. The molecule has 6 aromatic rings. The molecule has 1 aliphatic carbocycles. The van der Waals surface area contributed by atoms with Crippen molar-refractivity contribution in [3.8, 4) is 17.2 Å². The lowest BCUT2D eigenvalue weighted by molar-refractivity contribution is -0.156. The highest BCUT2D eigenvalue weighted by atomic mass is 19.0. The molecule has 0 unspecified atom stereocenters. The lowest BCUT2D eigenvalue weighted by atomic mass is 9.74. The van der Waals surface area contributed by atoms with Gasteiger partial charge in [0.25, 0.3) is 0 Å². The predicted molar refractivity (Wildman–Crippen MR) is 217 cm³/mol. The van der Waals surface area contributed by atoms with Gasteiger partial charge in [-0.25, -0.2) is 4.79 Å². The molecule has 4 N–H and O–H groups in total. The van der Waals surface area contributed by atoms with Crippen LogP contribution < -0.4 is 21.4 Å². The zero-order chi connectivity index (χ0) is 39.0. The molecule has 0 radical (unpaired) electrons. The summed E-state index contributed by atoms with van der Waals surface area (Å²) in [4.78, 5) is 43.5. The fourth-order valence-electron chi connectivity index (χ4n) is 8.40. The van der Waals surface area contributed by atoms with Crippen molar-refractivity contribution in [2.24, 2.45) is 0 Å². The van der Waals surface area contributed by atoms with Crippen LogP contribution >= 0.6 is 0 Å². The van der Waals surface area contributed by atoms with E-state index in [0.717, 1.165) is 60.9 Å². The number of hydrogen-bond donors (Lipinski definition) is 4. The van der Waals surface area contributed by atoms with E-state index in [2.05, 4.69) is 22.2 Å². The Labute approximate surface area is 332 Å². The summed E-state index contributed by atoms with van der Waals surface area (Å²) in [7, 11) is 2.12. The second-order valence-corrected chi connectivity index (χ2v) is 15.1. The van der Waals surface area contributed by atoms with Crippen LogP contribution in [0.25, 0.3) is 22.0 Å². The number of para-hydroxylation sites is 2. The fraction of sp³-hybridized carbons (Fsp3) is 0.341. The number of hydrogen-bond acceptors (Lipinski definition) is 10. The van der Waals surface area contributed by atoms with Crippen molar-refractivity contribution < 1.29 is 38.3 Å². The van der Waals surface area contributed by atoms with Crippen LogP contribution in [0, 0.1) is 0 Å². The van der Waals surface area contributed by atoms with Gasteiger partial charge in [-0.15, -0.1) is 0 Å². The maximum Gasteiger partial charge on any atom is 0.419 e. The predicted octanol–water partition coefficient (Wildman–Crippen LogP) is 6.56. The van der Waals surface area contributed by atoms with Gasteiger partial charge in [0, 0.05) is 48.3 Å². The molecule has 12 nitrogen and oxygen atoms in total. The normalized spacial score (nSPS) is 17.4. The molecule has 306 valence electrons.